The van der Waals surface area contributed by atoms with Crippen molar-refractivity contribution in [3.05, 3.63) is 35.2 Å². The van der Waals surface area contributed by atoms with E-state index in [-0.39, 0.29) is 5.82 Å². The Morgan fingerprint density at radius 1 is 1.03 bits per heavy atom. The molecule has 2 heterocycles. The van der Waals surface area contributed by atoms with Crippen LogP contribution in [0.15, 0.2) is 28.8 Å². The summed E-state index contributed by atoms with van der Waals surface area (Å²) < 4.78 is 13.8. The molecule has 1 aromatic rings. The minimum Gasteiger partial charge on any atom is -0.329 e. The Morgan fingerprint density at radius 2 is 1.84 bits per heavy atom. The van der Waals surface area contributed by atoms with Gasteiger partial charge in [-0.1, -0.05) is 26.7 Å². The Labute approximate surface area is 188 Å². The largest absolute Gasteiger partial charge is 0.329 e. The summed E-state index contributed by atoms with van der Waals surface area (Å²) in [6.07, 6.45) is 10.5. The highest BCUT2D eigenvalue weighted by Crippen LogP contribution is 2.42. The van der Waals surface area contributed by atoms with Crippen LogP contribution in [0.5, 0.6) is 0 Å². The highest BCUT2D eigenvalue weighted by Gasteiger charge is 2.29. The van der Waals surface area contributed by atoms with E-state index in [0.717, 1.165) is 62.9 Å². The molecule has 0 spiro atoms. The summed E-state index contributed by atoms with van der Waals surface area (Å²) in [5.41, 5.74) is 4.69. The van der Waals surface area contributed by atoms with Crippen LogP contribution in [0.2, 0.25) is 0 Å². The van der Waals surface area contributed by atoms with Crippen LogP contribution in [0.25, 0.3) is 5.70 Å². The molecule has 31 heavy (non-hydrogen) atoms. The van der Waals surface area contributed by atoms with E-state index in [1.54, 1.807) is 6.07 Å². The van der Waals surface area contributed by atoms with E-state index in [1.165, 1.54) is 62.1 Å². The molecule has 0 radical (unpaired) electrons. The molecule has 2 fully saturated rings. The predicted molar refractivity (Wildman–Crippen MR) is 130 cm³/mol. The van der Waals surface area contributed by atoms with E-state index in [0.29, 0.717) is 0 Å². The summed E-state index contributed by atoms with van der Waals surface area (Å²) >= 11 is 0. The standard InChI is InChI=1S/C20H27FN2.C6H14N2/c1-3-5-10-19-22-18-12-11-16(21)14-17(18)20(15-8-7-9-15)23(19)13-6-4-2;1-8-5-2-3-7-4-6-8/h11-12,14H,3-10,13H2,1-2H3;7H,2-6H2,1H3. The van der Waals surface area contributed by atoms with Crippen molar-refractivity contribution in [3.63, 3.8) is 0 Å². The molecule has 0 bridgehead atoms. The Morgan fingerprint density at radius 3 is 2.55 bits per heavy atom. The zero-order valence-electron chi connectivity index (χ0n) is 19.9. The summed E-state index contributed by atoms with van der Waals surface area (Å²) in [5, 5.41) is 3.34. The molecule has 1 saturated heterocycles. The minimum absolute atomic E-state index is 0.163. The molecule has 2 aliphatic heterocycles. The fraction of sp³-hybridized carbons (Fsp3) is 0.654. The average Bonchev–Trinajstić information content (AvgIpc) is 2.98. The number of nitrogens with zero attached hydrogens (tertiary/aromatic N) is 3. The summed E-state index contributed by atoms with van der Waals surface area (Å²) in [4.78, 5) is 9.65. The van der Waals surface area contributed by atoms with Crippen molar-refractivity contribution < 1.29 is 4.39 Å². The average molecular weight is 429 g/mol. The van der Waals surface area contributed by atoms with E-state index in [4.69, 9.17) is 4.99 Å². The quantitative estimate of drug-likeness (QED) is 0.606. The van der Waals surface area contributed by atoms with Crippen LogP contribution in [0.1, 0.15) is 77.2 Å². The molecular formula is C26H41FN4. The Bertz CT molecular complexity index is 757. The van der Waals surface area contributed by atoms with Gasteiger partial charge in [-0.05, 0) is 82.4 Å². The zero-order chi connectivity index (χ0) is 22.1. The third kappa shape index (κ3) is 6.63. The number of nitrogens with one attached hydrogen (secondary N) is 1. The number of amidine groups is 1. The molecule has 1 aromatic carbocycles. The molecule has 4 nitrogen and oxygen atoms in total. The van der Waals surface area contributed by atoms with Crippen LogP contribution >= 0.6 is 0 Å². The number of unbranched alkanes of at least 4 members (excludes halogenated alkanes) is 2. The van der Waals surface area contributed by atoms with Crippen LogP contribution in [0, 0.1) is 5.82 Å². The third-order valence-corrected chi connectivity index (χ3v) is 6.39. The first kappa shape index (κ1) is 23.9. The normalized spacial score (nSPS) is 19.1. The van der Waals surface area contributed by atoms with Gasteiger partial charge in [0, 0.05) is 31.6 Å². The van der Waals surface area contributed by atoms with Crippen LogP contribution in [-0.2, 0) is 0 Å². The van der Waals surface area contributed by atoms with Gasteiger partial charge in [0.15, 0.2) is 0 Å². The number of hydrogen-bond donors (Lipinski definition) is 1. The lowest BCUT2D eigenvalue weighted by atomic mass is 9.86. The van der Waals surface area contributed by atoms with Gasteiger partial charge < -0.3 is 15.1 Å². The Hall–Kier alpha value is -1.72. The lowest BCUT2D eigenvalue weighted by Gasteiger charge is -2.37. The van der Waals surface area contributed by atoms with Gasteiger partial charge in [0.05, 0.1) is 11.4 Å². The maximum Gasteiger partial charge on any atom is 0.124 e. The second-order valence-electron chi connectivity index (χ2n) is 9.01. The lowest BCUT2D eigenvalue weighted by molar-refractivity contribution is 0.358. The number of halogens is 1. The molecule has 172 valence electrons. The molecular weight excluding hydrogens is 387 g/mol. The topological polar surface area (TPSA) is 30.9 Å². The molecule has 0 aromatic heterocycles. The second kappa shape index (κ2) is 12.4. The number of allylic oxidation sites excluding steroid dienone is 1. The molecule has 4 rings (SSSR count). The summed E-state index contributed by atoms with van der Waals surface area (Å²) in [6.45, 7) is 10.3. The number of likely N-dealkylation sites (N-methyl/N-ethyl adjacent to an activating group) is 1. The van der Waals surface area contributed by atoms with Gasteiger partial charge >= 0.3 is 0 Å². The molecule has 0 unspecified atom stereocenters. The van der Waals surface area contributed by atoms with Crippen molar-refractivity contribution >= 4 is 17.2 Å². The number of rotatable bonds is 6. The minimum atomic E-state index is -0.163. The van der Waals surface area contributed by atoms with Gasteiger partial charge in [0.1, 0.15) is 11.7 Å². The van der Waals surface area contributed by atoms with Crippen LogP contribution in [0.3, 0.4) is 0 Å². The Balaban J connectivity index is 0.000000287. The van der Waals surface area contributed by atoms with Gasteiger partial charge in [0.2, 0.25) is 0 Å². The van der Waals surface area contributed by atoms with E-state index in [1.807, 2.05) is 6.07 Å². The van der Waals surface area contributed by atoms with Crippen molar-refractivity contribution in [2.24, 2.45) is 4.99 Å². The highest BCUT2D eigenvalue weighted by atomic mass is 19.1. The highest BCUT2D eigenvalue weighted by molar-refractivity contribution is 5.99. The number of benzene rings is 1. The smallest absolute Gasteiger partial charge is 0.124 e. The maximum absolute atomic E-state index is 13.8. The molecule has 0 atom stereocenters. The van der Waals surface area contributed by atoms with Crippen molar-refractivity contribution in [2.45, 2.75) is 71.6 Å². The molecule has 1 saturated carbocycles. The van der Waals surface area contributed by atoms with Crippen LogP contribution in [-0.4, -0.2) is 55.4 Å². The number of aliphatic imine (C=N–C) groups is 1. The van der Waals surface area contributed by atoms with Gasteiger partial charge in [-0.2, -0.15) is 0 Å². The maximum atomic E-state index is 13.8. The van der Waals surface area contributed by atoms with Crippen molar-refractivity contribution in [2.75, 3.05) is 39.8 Å². The first-order valence-corrected chi connectivity index (χ1v) is 12.4. The number of fused-ring (bicyclic) bond motifs is 1. The van der Waals surface area contributed by atoms with Gasteiger partial charge in [-0.3, -0.25) is 0 Å². The van der Waals surface area contributed by atoms with Gasteiger partial charge in [0.25, 0.3) is 0 Å². The molecule has 0 amide bonds. The van der Waals surface area contributed by atoms with Crippen LogP contribution in [0.4, 0.5) is 10.1 Å². The Kier molecular flexibility index (Phi) is 9.54. The van der Waals surface area contributed by atoms with Crippen molar-refractivity contribution in [1.82, 2.24) is 15.1 Å². The third-order valence-electron chi connectivity index (χ3n) is 6.39. The summed E-state index contributed by atoms with van der Waals surface area (Å²) in [6, 6.07) is 5.05. The van der Waals surface area contributed by atoms with Crippen molar-refractivity contribution in [3.8, 4) is 0 Å². The fourth-order valence-corrected chi connectivity index (χ4v) is 4.30. The van der Waals surface area contributed by atoms with Crippen LogP contribution < -0.4 is 5.32 Å². The molecule has 1 N–H and O–H groups in total. The van der Waals surface area contributed by atoms with Gasteiger partial charge in [-0.25, -0.2) is 9.38 Å². The fourth-order valence-electron chi connectivity index (χ4n) is 4.30. The van der Waals surface area contributed by atoms with E-state index in [2.05, 4.69) is 36.0 Å². The second-order valence-corrected chi connectivity index (χ2v) is 9.01. The predicted octanol–water partition coefficient (Wildman–Crippen LogP) is 5.97. The number of hydrogen-bond acceptors (Lipinski definition) is 4. The van der Waals surface area contributed by atoms with E-state index < -0.39 is 0 Å². The van der Waals surface area contributed by atoms with Crippen molar-refractivity contribution in [1.29, 1.82) is 0 Å². The lowest BCUT2D eigenvalue weighted by Crippen LogP contribution is -2.34. The monoisotopic (exact) mass is 428 g/mol. The molecule has 1 aliphatic carbocycles. The SMILES string of the molecule is CCCCC1=Nc2ccc(F)cc2C(=C2CCC2)N1CCCC.CN1CCCNCC1. The van der Waals surface area contributed by atoms with Gasteiger partial charge in [-0.15, -0.1) is 0 Å². The summed E-state index contributed by atoms with van der Waals surface area (Å²) in [5.74, 6) is 1.01. The summed E-state index contributed by atoms with van der Waals surface area (Å²) in [7, 11) is 2.17. The zero-order valence-corrected chi connectivity index (χ0v) is 19.9. The van der Waals surface area contributed by atoms with E-state index in [9.17, 15) is 4.39 Å². The molecule has 3 aliphatic rings. The molecule has 5 heteroatoms. The first-order valence-electron chi connectivity index (χ1n) is 12.4. The van der Waals surface area contributed by atoms with E-state index >= 15 is 0 Å². The first-order chi connectivity index (χ1) is 15.1.